The number of aryl methyl sites for hydroxylation is 1. The van der Waals surface area contributed by atoms with Crippen molar-refractivity contribution in [1.29, 1.82) is 0 Å². The van der Waals surface area contributed by atoms with Gasteiger partial charge >= 0.3 is 0 Å². The van der Waals surface area contributed by atoms with E-state index in [1.54, 1.807) is 7.11 Å². The van der Waals surface area contributed by atoms with Crippen LogP contribution in [0.2, 0.25) is 0 Å². The topological polar surface area (TPSA) is 39.1 Å². The highest BCUT2D eigenvalue weighted by Crippen LogP contribution is 1.95. The van der Waals surface area contributed by atoms with Gasteiger partial charge in [-0.2, -0.15) is 5.10 Å². The molecule has 1 N–H and O–H groups in total. The maximum atomic E-state index is 4.97. The van der Waals surface area contributed by atoms with E-state index in [1.807, 2.05) is 24.0 Å². The van der Waals surface area contributed by atoms with Gasteiger partial charge in [-0.1, -0.05) is 0 Å². The molecule has 0 bridgehead atoms. The number of nitrogens with one attached hydrogen (secondary N) is 1. The third-order valence-electron chi connectivity index (χ3n) is 2.18. The summed E-state index contributed by atoms with van der Waals surface area (Å²) in [7, 11) is 3.70. The van der Waals surface area contributed by atoms with E-state index in [2.05, 4.69) is 10.4 Å². The minimum atomic E-state index is 0.855. The van der Waals surface area contributed by atoms with Crippen LogP contribution in [0.3, 0.4) is 0 Å². The van der Waals surface area contributed by atoms with Crippen LogP contribution in [-0.4, -0.2) is 30.0 Å². The van der Waals surface area contributed by atoms with Crippen LogP contribution in [0.15, 0.2) is 12.3 Å². The summed E-state index contributed by atoms with van der Waals surface area (Å²) in [5.41, 5.74) is 1.22. The Morgan fingerprint density at radius 1 is 1.50 bits per heavy atom. The molecule has 14 heavy (non-hydrogen) atoms. The number of ether oxygens (including phenoxy) is 1. The molecule has 1 aromatic heterocycles. The lowest BCUT2D eigenvalue weighted by Crippen LogP contribution is -2.17. The number of methoxy groups -OCH3 is 1. The predicted octanol–water partition coefficient (Wildman–Crippen LogP) is 0.936. The van der Waals surface area contributed by atoms with E-state index in [9.17, 15) is 0 Å². The molecule has 4 nitrogen and oxygen atoms in total. The molecule has 0 spiro atoms. The average molecular weight is 197 g/mol. The van der Waals surface area contributed by atoms with Gasteiger partial charge in [-0.15, -0.1) is 0 Å². The minimum Gasteiger partial charge on any atom is -0.385 e. The Morgan fingerprint density at radius 2 is 2.36 bits per heavy atom. The van der Waals surface area contributed by atoms with Crippen molar-refractivity contribution in [3.8, 4) is 0 Å². The van der Waals surface area contributed by atoms with E-state index in [0.29, 0.717) is 0 Å². The maximum absolute atomic E-state index is 4.97. The minimum absolute atomic E-state index is 0.855. The van der Waals surface area contributed by atoms with Gasteiger partial charge in [0.15, 0.2) is 0 Å². The van der Waals surface area contributed by atoms with Gasteiger partial charge in [0.2, 0.25) is 0 Å². The zero-order valence-electron chi connectivity index (χ0n) is 8.99. The summed E-state index contributed by atoms with van der Waals surface area (Å²) in [5.74, 6) is 0. The predicted molar refractivity (Wildman–Crippen MR) is 56.0 cm³/mol. The number of unbranched alkanes of at least 4 members (excludes halogenated alkanes) is 1. The molecule has 1 aromatic rings. The third kappa shape index (κ3) is 3.89. The molecule has 0 fully saturated rings. The summed E-state index contributed by atoms with van der Waals surface area (Å²) in [4.78, 5) is 0. The quantitative estimate of drug-likeness (QED) is 0.661. The summed E-state index contributed by atoms with van der Waals surface area (Å²) in [6, 6.07) is 2.03. The smallest absolute Gasteiger partial charge is 0.0518 e. The first kappa shape index (κ1) is 11.2. The molecule has 4 heteroatoms. The first-order valence-corrected chi connectivity index (χ1v) is 5.01. The summed E-state index contributed by atoms with van der Waals surface area (Å²) in [5, 5.41) is 7.47. The van der Waals surface area contributed by atoms with Gasteiger partial charge in [-0.25, -0.2) is 0 Å². The SMILES string of the molecule is COCCCCNCc1ccnn1C. The Balaban J connectivity index is 2.02. The van der Waals surface area contributed by atoms with Crippen LogP contribution in [0.5, 0.6) is 0 Å². The van der Waals surface area contributed by atoms with E-state index in [4.69, 9.17) is 4.74 Å². The first-order chi connectivity index (χ1) is 6.84. The summed E-state index contributed by atoms with van der Waals surface area (Å²) in [6.45, 7) is 2.78. The van der Waals surface area contributed by atoms with E-state index in [0.717, 1.165) is 32.5 Å². The standard InChI is InChI=1S/C10H19N3O/c1-13-10(5-7-12-13)9-11-6-3-4-8-14-2/h5,7,11H,3-4,6,8-9H2,1-2H3. The van der Waals surface area contributed by atoms with E-state index < -0.39 is 0 Å². The van der Waals surface area contributed by atoms with Crippen molar-refractivity contribution < 1.29 is 4.74 Å². The molecule has 80 valence electrons. The molecule has 1 heterocycles. The fourth-order valence-corrected chi connectivity index (χ4v) is 1.29. The van der Waals surface area contributed by atoms with Gasteiger partial charge in [-0.3, -0.25) is 4.68 Å². The molecule has 0 saturated heterocycles. The molecule has 0 aromatic carbocycles. The second kappa shape index (κ2) is 6.56. The Hall–Kier alpha value is -0.870. The van der Waals surface area contributed by atoms with Crippen LogP contribution in [0.4, 0.5) is 0 Å². The Morgan fingerprint density at radius 3 is 3.00 bits per heavy atom. The largest absolute Gasteiger partial charge is 0.385 e. The lowest BCUT2D eigenvalue weighted by molar-refractivity contribution is 0.192. The molecule has 0 unspecified atom stereocenters. The molecule has 0 aliphatic carbocycles. The fraction of sp³-hybridized carbons (Fsp3) is 0.700. The van der Waals surface area contributed by atoms with Crippen molar-refractivity contribution in [3.05, 3.63) is 18.0 Å². The lowest BCUT2D eigenvalue weighted by Gasteiger charge is -2.04. The second-order valence-corrected chi connectivity index (χ2v) is 3.32. The number of aromatic nitrogens is 2. The Labute approximate surface area is 85.3 Å². The average Bonchev–Trinajstić information content (AvgIpc) is 2.58. The normalized spacial score (nSPS) is 10.7. The van der Waals surface area contributed by atoms with Crippen LogP contribution in [0.25, 0.3) is 0 Å². The van der Waals surface area contributed by atoms with Crippen LogP contribution in [0.1, 0.15) is 18.5 Å². The fourth-order valence-electron chi connectivity index (χ4n) is 1.29. The second-order valence-electron chi connectivity index (χ2n) is 3.32. The van der Waals surface area contributed by atoms with Gasteiger partial charge in [-0.05, 0) is 25.5 Å². The van der Waals surface area contributed by atoms with Crippen molar-refractivity contribution >= 4 is 0 Å². The third-order valence-corrected chi connectivity index (χ3v) is 2.18. The lowest BCUT2D eigenvalue weighted by atomic mass is 10.3. The van der Waals surface area contributed by atoms with E-state index in [-0.39, 0.29) is 0 Å². The summed E-state index contributed by atoms with van der Waals surface area (Å²) < 4.78 is 6.86. The Bertz CT molecular complexity index is 247. The van der Waals surface area contributed by atoms with Crippen LogP contribution in [0, 0.1) is 0 Å². The van der Waals surface area contributed by atoms with Crippen LogP contribution < -0.4 is 5.32 Å². The van der Waals surface area contributed by atoms with Gasteiger partial charge in [0.25, 0.3) is 0 Å². The van der Waals surface area contributed by atoms with Crippen LogP contribution in [-0.2, 0) is 18.3 Å². The highest BCUT2D eigenvalue weighted by Gasteiger charge is 1.96. The van der Waals surface area contributed by atoms with Crippen LogP contribution >= 0.6 is 0 Å². The molecular formula is C10H19N3O. The summed E-state index contributed by atoms with van der Waals surface area (Å²) >= 11 is 0. The highest BCUT2D eigenvalue weighted by atomic mass is 16.5. The molecule has 0 saturated carbocycles. The van der Waals surface area contributed by atoms with Crippen molar-refractivity contribution in [2.75, 3.05) is 20.3 Å². The van der Waals surface area contributed by atoms with E-state index in [1.165, 1.54) is 5.69 Å². The molecule has 0 amide bonds. The number of rotatable bonds is 7. The van der Waals surface area contributed by atoms with Crippen molar-refractivity contribution in [2.45, 2.75) is 19.4 Å². The van der Waals surface area contributed by atoms with Gasteiger partial charge in [0, 0.05) is 33.5 Å². The zero-order valence-corrected chi connectivity index (χ0v) is 8.99. The molecule has 0 radical (unpaired) electrons. The summed E-state index contributed by atoms with van der Waals surface area (Å²) in [6.07, 6.45) is 4.10. The number of nitrogens with zero attached hydrogens (tertiary/aromatic N) is 2. The zero-order chi connectivity index (χ0) is 10.2. The van der Waals surface area contributed by atoms with Gasteiger partial charge in [0.1, 0.15) is 0 Å². The van der Waals surface area contributed by atoms with Crippen molar-refractivity contribution in [2.24, 2.45) is 7.05 Å². The molecular weight excluding hydrogens is 178 g/mol. The highest BCUT2D eigenvalue weighted by molar-refractivity contribution is 4.98. The molecule has 0 aliphatic heterocycles. The van der Waals surface area contributed by atoms with E-state index >= 15 is 0 Å². The van der Waals surface area contributed by atoms with Gasteiger partial charge < -0.3 is 10.1 Å². The molecule has 0 aliphatic rings. The Kier molecular flexibility index (Phi) is 5.25. The molecule has 1 rings (SSSR count). The van der Waals surface area contributed by atoms with Crippen molar-refractivity contribution in [3.63, 3.8) is 0 Å². The number of hydrogen-bond acceptors (Lipinski definition) is 3. The van der Waals surface area contributed by atoms with Gasteiger partial charge in [0.05, 0.1) is 5.69 Å². The first-order valence-electron chi connectivity index (χ1n) is 5.01. The molecule has 0 atom stereocenters. The monoisotopic (exact) mass is 197 g/mol. The van der Waals surface area contributed by atoms with Crippen molar-refractivity contribution in [1.82, 2.24) is 15.1 Å². The maximum Gasteiger partial charge on any atom is 0.0518 e. The number of hydrogen-bond donors (Lipinski definition) is 1.